The summed E-state index contributed by atoms with van der Waals surface area (Å²) >= 11 is 0. The van der Waals surface area contributed by atoms with Crippen LogP contribution in [0.2, 0.25) is 0 Å². The van der Waals surface area contributed by atoms with Crippen LogP contribution in [0, 0.1) is 27.7 Å². The molecule has 1 aliphatic heterocycles. The quantitative estimate of drug-likeness (QED) is 0.928. The standard InChI is InChI=1S/C16H26N2O2S/c1-11-9-12(2)14(4)16(13(11)3)21(19,20)18(5)10-15-7-6-8-17-15/h9,15,17H,6-8,10H2,1-5H3. The first kappa shape index (κ1) is 16.5. The Morgan fingerprint density at radius 3 is 2.24 bits per heavy atom. The zero-order valence-electron chi connectivity index (χ0n) is 13.7. The van der Waals surface area contributed by atoms with Crippen molar-refractivity contribution in [1.82, 2.24) is 9.62 Å². The number of nitrogens with one attached hydrogen (secondary N) is 1. The van der Waals surface area contributed by atoms with E-state index in [4.69, 9.17) is 0 Å². The molecular formula is C16H26N2O2S. The molecule has 0 saturated carbocycles. The predicted octanol–water partition coefficient (Wildman–Crippen LogP) is 2.29. The van der Waals surface area contributed by atoms with Gasteiger partial charge in [-0.15, -0.1) is 0 Å². The van der Waals surface area contributed by atoms with Crippen LogP contribution in [-0.2, 0) is 10.0 Å². The lowest BCUT2D eigenvalue weighted by Gasteiger charge is -2.24. The summed E-state index contributed by atoms with van der Waals surface area (Å²) in [5, 5.41) is 3.36. The van der Waals surface area contributed by atoms with Gasteiger partial charge < -0.3 is 5.32 Å². The van der Waals surface area contributed by atoms with E-state index in [1.807, 2.05) is 27.7 Å². The van der Waals surface area contributed by atoms with E-state index >= 15 is 0 Å². The van der Waals surface area contributed by atoms with Crippen LogP contribution >= 0.6 is 0 Å². The SMILES string of the molecule is Cc1cc(C)c(C)c(S(=O)(=O)N(C)CC2CCCN2)c1C. The number of likely N-dealkylation sites (N-methyl/N-ethyl adjacent to an activating group) is 1. The fourth-order valence-electron chi connectivity index (χ4n) is 3.04. The number of aryl methyl sites for hydroxylation is 2. The van der Waals surface area contributed by atoms with E-state index in [0.717, 1.165) is 41.6 Å². The molecule has 4 nitrogen and oxygen atoms in total. The highest BCUT2D eigenvalue weighted by Crippen LogP contribution is 2.28. The molecule has 1 aromatic rings. The summed E-state index contributed by atoms with van der Waals surface area (Å²) in [5.41, 5.74) is 3.79. The third-order valence-corrected chi connectivity index (χ3v) is 6.70. The van der Waals surface area contributed by atoms with E-state index in [2.05, 4.69) is 11.4 Å². The van der Waals surface area contributed by atoms with Crippen LogP contribution in [0.1, 0.15) is 35.1 Å². The number of rotatable bonds is 4. The number of hydrogen-bond donors (Lipinski definition) is 1. The minimum absolute atomic E-state index is 0.274. The highest BCUT2D eigenvalue weighted by molar-refractivity contribution is 7.89. The van der Waals surface area contributed by atoms with Crippen LogP contribution in [-0.4, -0.2) is 38.9 Å². The molecule has 118 valence electrons. The van der Waals surface area contributed by atoms with E-state index < -0.39 is 10.0 Å². The number of nitrogens with zero attached hydrogens (tertiary/aromatic N) is 1. The van der Waals surface area contributed by atoms with Gasteiger partial charge in [-0.1, -0.05) is 6.07 Å². The van der Waals surface area contributed by atoms with Gasteiger partial charge in [0.05, 0.1) is 4.90 Å². The highest BCUT2D eigenvalue weighted by Gasteiger charge is 2.28. The average molecular weight is 310 g/mol. The largest absolute Gasteiger partial charge is 0.313 e. The molecule has 1 heterocycles. The summed E-state index contributed by atoms with van der Waals surface area (Å²) in [4.78, 5) is 0.487. The maximum absolute atomic E-state index is 13.0. The fourth-order valence-corrected chi connectivity index (χ4v) is 4.83. The number of hydrogen-bond acceptors (Lipinski definition) is 3. The van der Waals surface area contributed by atoms with Crippen molar-refractivity contribution in [2.75, 3.05) is 20.1 Å². The van der Waals surface area contributed by atoms with Crippen molar-refractivity contribution in [3.8, 4) is 0 Å². The Kier molecular flexibility index (Phi) is 4.76. The lowest BCUT2D eigenvalue weighted by Crippen LogP contribution is -2.39. The first-order valence-corrected chi connectivity index (χ1v) is 8.96. The molecule has 0 spiro atoms. The Morgan fingerprint density at radius 2 is 1.76 bits per heavy atom. The summed E-state index contributed by atoms with van der Waals surface area (Å²) < 4.78 is 27.4. The zero-order chi connectivity index (χ0) is 15.8. The molecule has 5 heteroatoms. The van der Waals surface area contributed by atoms with Crippen LogP contribution in [0.3, 0.4) is 0 Å². The third-order valence-electron chi connectivity index (χ3n) is 4.61. The van der Waals surface area contributed by atoms with Gasteiger partial charge >= 0.3 is 0 Å². The van der Waals surface area contributed by atoms with Crippen molar-refractivity contribution in [1.29, 1.82) is 0 Å². The van der Waals surface area contributed by atoms with E-state index in [9.17, 15) is 8.42 Å². The van der Waals surface area contributed by atoms with Crippen molar-refractivity contribution >= 4 is 10.0 Å². The van der Waals surface area contributed by atoms with Crippen LogP contribution < -0.4 is 5.32 Å². The van der Waals surface area contributed by atoms with Crippen LogP contribution in [0.4, 0.5) is 0 Å². The maximum atomic E-state index is 13.0. The monoisotopic (exact) mass is 310 g/mol. The van der Waals surface area contributed by atoms with Crippen molar-refractivity contribution in [3.05, 3.63) is 28.3 Å². The molecule has 1 atom stereocenters. The van der Waals surface area contributed by atoms with Gasteiger partial charge in [-0.05, 0) is 69.3 Å². The molecule has 0 amide bonds. The van der Waals surface area contributed by atoms with Crippen molar-refractivity contribution in [2.45, 2.75) is 51.5 Å². The van der Waals surface area contributed by atoms with E-state index in [1.54, 1.807) is 7.05 Å². The predicted molar refractivity (Wildman–Crippen MR) is 86.2 cm³/mol. The number of sulfonamides is 1. The topological polar surface area (TPSA) is 49.4 Å². The van der Waals surface area contributed by atoms with Gasteiger partial charge in [0.15, 0.2) is 0 Å². The fraction of sp³-hybridized carbons (Fsp3) is 0.625. The van der Waals surface area contributed by atoms with Crippen molar-refractivity contribution in [3.63, 3.8) is 0 Å². The smallest absolute Gasteiger partial charge is 0.243 e. The molecule has 0 aromatic heterocycles. The van der Waals surface area contributed by atoms with Gasteiger partial charge in [-0.3, -0.25) is 0 Å². The second-order valence-electron chi connectivity index (χ2n) is 6.17. The third kappa shape index (κ3) is 3.15. The molecule has 1 saturated heterocycles. The lowest BCUT2D eigenvalue weighted by atomic mass is 10.0. The first-order chi connectivity index (χ1) is 9.75. The van der Waals surface area contributed by atoms with Gasteiger partial charge in [0.1, 0.15) is 0 Å². The van der Waals surface area contributed by atoms with Gasteiger partial charge in [0.2, 0.25) is 10.0 Å². The molecule has 0 bridgehead atoms. The Hall–Kier alpha value is -0.910. The Balaban J connectivity index is 2.39. The van der Waals surface area contributed by atoms with E-state index in [-0.39, 0.29) is 6.04 Å². The summed E-state index contributed by atoms with van der Waals surface area (Å²) in [6.45, 7) is 9.26. The second-order valence-corrected chi connectivity index (χ2v) is 8.15. The lowest BCUT2D eigenvalue weighted by molar-refractivity contribution is 0.417. The molecule has 1 fully saturated rings. The molecule has 1 aromatic carbocycles. The average Bonchev–Trinajstić information content (AvgIpc) is 2.89. The van der Waals surface area contributed by atoms with Crippen molar-refractivity contribution < 1.29 is 8.42 Å². The van der Waals surface area contributed by atoms with Gasteiger partial charge in [0, 0.05) is 19.6 Å². The Labute approximate surface area is 128 Å². The molecule has 1 N–H and O–H groups in total. The second kappa shape index (κ2) is 6.07. The summed E-state index contributed by atoms with van der Waals surface area (Å²) in [6.07, 6.45) is 2.17. The molecule has 2 rings (SSSR count). The minimum atomic E-state index is -3.44. The highest BCUT2D eigenvalue weighted by atomic mass is 32.2. The van der Waals surface area contributed by atoms with Crippen molar-refractivity contribution in [2.24, 2.45) is 0 Å². The first-order valence-electron chi connectivity index (χ1n) is 7.52. The molecule has 1 aliphatic rings. The van der Waals surface area contributed by atoms with Gasteiger partial charge in [-0.25, -0.2) is 8.42 Å². The minimum Gasteiger partial charge on any atom is -0.313 e. The number of benzene rings is 1. The Morgan fingerprint density at radius 1 is 1.19 bits per heavy atom. The van der Waals surface area contributed by atoms with Crippen LogP contribution in [0.15, 0.2) is 11.0 Å². The van der Waals surface area contributed by atoms with Gasteiger partial charge in [0.25, 0.3) is 0 Å². The summed E-state index contributed by atoms with van der Waals surface area (Å²) in [6, 6.07) is 2.33. The van der Waals surface area contributed by atoms with Gasteiger partial charge in [-0.2, -0.15) is 4.31 Å². The van der Waals surface area contributed by atoms with Crippen LogP contribution in [0.5, 0.6) is 0 Å². The summed E-state index contributed by atoms with van der Waals surface area (Å²) in [7, 11) is -1.75. The maximum Gasteiger partial charge on any atom is 0.243 e. The summed E-state index contributed by atoms with van der Waals surface area (Å²) in [5.74, 6) is 0. The zero-order valence-corrected chi connectivity index (χ0v) is 14.5. The Bertz CT molecular complexity index is 606. The molecule has 0 aliphatic carbocycles. The molecule has 21 heavy (non-hydrogen) atoms. The molecular weight excluding hydrogens is 284 g/mol. The van der Waals surface area contributed by atoms with Crippen LogP contribution in [0.25, 0.3) is 0 Å². The van der Waals surface area contributed by atoms with E-state index in [0.29, 0.717) is 11.4 Å². The van der Waals surface area contributed by atoms with E-state index in [1.165, 1.54) is 4.31 Å². The molecule has 0 radical (unpaired) electrons. The molecule has 1 unspecified atom stereocenters. The normalized spacial score (nSPS) is 19.4.